The van der Waals surface area contributed by atoms with Crippen LogP contribution in [0.3, 0.4) is 0 Å². The molecule has 5 nitrogen and oxygen atoms in total. The molecule has 112 valence electrons. The number of amides is 1. The zero-order valence-corrected chi connectivity index (χ0v) is 13.2. The Morgan fingerprint density at radius 3 is 3.00 bits per heavy atom. The summed E-state index contributed by atoms with van der Waals surface area (Å²) in [7, 11) is 0. The number of aromatic nitrogens is 2. The number of unbranched alkanes of at least 4 members (excludes halogenated alkanes) is 1. The second-order valence-electron chi connectivity index (χ2n) is 4.74. The average molecular weight is 304 g/mol. The van der Waals surface area contributed by atoms with Gasteiger partial charge in [0.25, 0.3) is 5.91 Å². The zero-order chi connectivity index (χ0) is 15.2. The standard InChI is InChI=1S/C15H20N4OS/c1-4-6-8-17-14(20)12-10(3)11-13(16-7-5-2)18-9-19-15(11)21-12/h5,9H,2,4,6-8H2,1,3H3,(H,17,20)(H,16,18,19). The minimum atomic E-state index is -0.0291. The lowest BCUT2D eigenvalue weighted by atomic mass is 10.2. The molecule has 0 bridgehead atoms. The van der Waals surface area contributed by atoms with Crippen LogP contribution in [0.1, 0.15) is 35.0 Å². The first-order valence-corrected chi connectivity index (χ1v) is 7.87. The first-order chi connectivity index (χ1) is 10.2. The van der Waals surface area contributed by atoms with E-state index in [1.807, 2.05) is 6.92 Å². The van der Waals surface area contributed by atoms with Crippen LogP contribution < -0.4 is 10.6 Å². The van der Waals surface area contributed by atoms with Crippen molar-refractivity contribution in [2.75, 3.05) is 18.4 Å². The Morgan fingerprint density at radius 1 is 1.48 bits per heavy atom. The fourth-order valence-corrected chi connectivity index (χ4v) is 3.12. The van der Waals surface area contributed by atoms with Crippen molar-refractivity contribution < 1.29 is 4.79 Å². The van der Waals surface area contributed by atoms with Crippen LogP contribution >= 0.6 is 11.3 Å². The lowest BCUT2D eigenvalue weighted by Gasteiger charge is -2.05. The van der Waals surface area contributed by atoms with Crippen LogP contribution in [0.4, 0.5) is 5.82 Å². The van der Waals surface area contributed by atoms with Crippen LogP contribution in [0.15, 0.2) is 19.0 Å². The SMILES string of the molecule is C=CCNc1ncnc2sc(C(=O)NCCCC)c(C)c12. The molecule has 0 unspecified atom stereocenters. The third-order valence-corrected chi connectivity index (χ3v) is 4.36. The number of thiophene rings is 1. The number of aryl methyl sites for hydroxylation is 1. The molecule has 6 heteroatoms. The molecule has 2 aromatic rings. The van der Waals surface area contributed by atoms with Gasteiger partial charge in [-0.1, -0.05) is 19.4 Å². The summed E-state index contributed by atoms with van der Waals surface area (Å²) >= 11 is 1.41. The van der Waals surface area contributed by atoms with Gasteiger partial charge in [0.15, 0.2) is 0 Å². The van der Waals surface area contributed by atoms with Gasteiger partial charge in [0.05, 0.1) is 10.3 Å². The van der Waals surface area contributed by atoms with Crippen LogP contribution in [0.2, 0.25) is 0 Å². The van der Waals surface area contributed by atoms with E-state index in [-0.39, 0.29) is 5.91 Å². The molecule has 0 aliphatic heterocycles. The Kier molecular flexibility index (Phi) is 5.27. The molecule has 0 aliphatic carbocycles. The Labute approximate surface area is 128 Å². The van der Waals surface area contributed by atoms with E-state index < -0.39 is 0 Å². The Morgan fingerprint density at radius 2 is 2.29 bits per heavy atom. The van der Waals surface area contributed by atoms with E-state index in [9.17, 15) is 4.79 Å². The smallest absolute Gasteiger partial charge is 0.261 e. The lowest BCUT2D eigenvalue weighted by molar-refractivity contribution is 0.0957. The predicted octanol–water partition coefficient (Wildman–Crippen LogP) is 3.13. The Bertz CT molecular complexity index is 650. The van der Waals surface area contributed by atoms with Gasteiger partial charge in [-0.05, 0) is 18.9 Å². The number of hydrogen-bond donors (Lipinski definition) is 2. The van der Waals surface area contributed by atoms with Crippen molar-refractivity contribution in [3.63, 3.8) is 0 Å². The highest BCUT2D eigenvalue weighted by Gasteiger charge is 2.18. The van der Waals surface area contributed by atoms with Crippen LogP contribution in [-0.4, -0.2) is 29.0 Å². The van der Waals surface area contributed by atoms with Crippen LogP contribution in [0.25, 0.3) is 10.2 Å². The van der Waals surface area contributed by atoms with Gasteiger partial charge < -0.3 is 10.6 Å². The Hall–Kier alpha value is -1.95. The van der Waals surface area contributed by atoms with Gasteiger partial charge in [-0.3, -0.25) is 4.79 Å². The third kappa shape index (κ3) is 3.39. The molecular formula is C15H20N4OS. The topological polar surface area (TPSA) is 66.9 Å². The second kappa shape index (κ2) is 7.17. The van der Waals surface area contributed by atoms with Gasteiger partial charge in [-0.25, -0.2) is 9.97 Å². The van der Waals surface area contributed by atoms with Gasteiger partial charge in [0, 0.05) is 13.1 Å². The maximum Gasteiger partial charge on any atom is 0.261 e. The summed E-state index contributed by atoms with van der Waals surface area (Å²) in [5.74, 6) is 0.722. The zero-order valence-electron chi connectivity index (χ0n) is 12.4. The van der Waals surface area contributed by atoms with Crippen molar-refractivity contribution in [3.8, 4) is 0 Å². The quantitative estimate of drug-likeness (QED) is 0.609. The molecule has 2 rings (SSSR count). The molecule has 0 spiro atoms. The summed E-state index contributed by atoms with van der Waals surface area (Å²) in [6, 6.07) is 0. The molecule has 0 saturated heterocycles. The minimum Gasteiger partial charge on any atom is -0.366 e. The van der Waals surface area contributed by atoms with Crippen molar-refractivity contribution in [1.82, 2.24) is 15.3 Å². The molecule has 0 aromatic carbocycles. The van der Waals surface area contributed by atoms with Gasteiger partial charge in [0.2, 0.25) is 0 Å². The van der Waals surface area contributed by atoms with Gasteiger partial charge in [0.1, 0.15) is 17.0 Å². The Balaban J connectivity index is 2.32. The number of nitrogens with one attached hydrogen (secondary N) is 2. The molecule has 1 amide bonds. The summed E-state index contributed by atoms with van der Waals surface area (Å²) in [5.41, 5.74) is 0.927. The molecule has 0 aliphatic rings. The maximum atomic E-state index is 12.2. The van der Waals surface area contributed by atoms with Crippen molar-refractivity contribution in [1.29, 1.82) is 0 Å². The fraction of sp³-hybridized carbons (Fsp3) is 0.400. The molecule has 0 saturated carbocycles. The molecule has 0 atom stereocenters. The summed E-state index contributed by atoms with van der Waals surface area (Å²) in [5, 5.41) is 7.06. The normalized spacial score (nSPS) is 10.6. The van der Waals surface area contributed by atoms with E-state index in [0.717, 1.165) is 34.4 Å². The van der Waals surface area contributed by atoms with E-state index in [1.165, 1.54) is 17.7 Å². The number of rotatable bonds is 7. The fourth-order valence-electron chi connectivity index (χ4n) is 2.05. The molecule has 0 fully saturated rings. The summed E-state index contributed by atoms with van der Waals surface area (Å²) in [4.78, 5) is 22.3. The number of fused-ring (bicyclic) bond motifs is 1. The van der Waals surface area contributed by atoms with Crippen molar-refractivity contribution in [3.05, 3.63) is 29.4 Å². The van der Waals surface area contributed by atoms with Gasteiger partial charge in [-0.15, -0.1) is 17.9 Å². The van der Waals surface area contributed by atoms with Gasteiger partial charge >= 0.3 is 0 Å². The predicted molar refractivity (Wildman–Crippen MR) is 88.1 cm³/mol. The van der Waals surface area contributed by atoms with Crippen molar-refractivity contribution in [2.45, 2.75) is 26.7 Å². The summed E-state index contributed by atoms with van der Waals surface area (Å²) in [6.45, 7) is 9.06. The van der Waals surface area contributed by atoms with E-state index >= 15 is 0 Å². The molecule has 2 N–H and O–H groups in total. The van der Waals surface area contributed by atoms with E-state index in [1.54, 1.807) is 6.08 Å². The van der Waals surface area contributed by atoms with Crippen molar-refractivity contribution >= 4 is 33.3 Å². The maximum absolute atomic E-state index is 12.2. The number of carbonyl (C=O) groups is 1. The highest BCUT2D eigenvalue weighted by molar-refractivity contribution is 7.20. The van der Waals surface area contributed by atoms with Crippen LogP contribution in [0.5, 0.6) is 0 Å². The third-order valence-electron chi connectivity index (χ3n) is 3.16. The van der Waals surface area contributed by atoms with E-state index in [2.05, 4.69) is 34.1 Å². The summed E-state index contributed by atoms with van der Waals surface area (Å²) in [6.07, 6.45) is 5.34. The van der Waals surface area contributed by atoms with Crippen molar-refractivity contribution in [2.24, 2.45) is 0 Å². The largest absolute Gasteiger partial charge is 0.366 e. The van der Waals surface area contributed by atoms with Crippen LogP contribution in [-0.2, 0) is 0 Å². The highest BCUT2D eigenvalue weighted by atomic mass is 32.1. The number of anilines is 1. The molecule has 2 heterocycles. The number of carbonyl (C=O) groups excluding carboxylic acids is 1. The molecular weight excluding hydrogens is 284 g/mol. The number of hydrogen-bond acceptors (Lipinski definition) is 5. The first kappa shape index (κ1) is 15.4. The van der Waals surface area contributed by atoms with E-state index in [4.69, 9.17) is 0 Å². The molecule has 0 radical (unpaired) electrons. The lowest BCUT2D eigenvalue weighted by Crippen LogP contribution is -2.23. The molecule has 21 heavy (non-hydrogen) atoms. The monoisotopic (exact) mass is 304 g/mol. The number of nitrogens with zero attached hydrogens (tertiary/aromatic N) is 2. The van der Waals surface area contributed by atoms with Crippen LogP contribution in [0, 0.1) is 6.92 Å². The second-order valence-corrected chi connectivity index (χ2v) is 5.74. The minimum absolute atomic E-state index is 0.0291. The highest BCUT2D eigenvalue weighted by Crippen LogP contribution is 2.33. The average Bonchev–Trinajstić information content (AvgIpc) is 2.83. The molecule has 2 aromatic heterocycles. The van der Waals surface area contributed by atoms with Gasteiger partial charge in [-0.2, -0.15) is 0 Å². The van der Waals surface area contributed by atoms with E-state index in [0.29, 0.717) is 18.0 Å². The summed E-state index contributed by atoms with van der Waals surface area (Å²) < 4.78 is 0. The first-order valence-electron chi connectivity index (χ1n) is 7.06.